The molecule has 2 aliphatic rings. The second-order valence-corrected chi connectivity index (χ2v) is 14.3. The van der Waals surface area contributed by atoms with Crippen molar-refractivity contribution in [3.63, 3.8) is 0 Å². The molecule has 1 fully saturated rings. The molecule has 0 aromatic carbocycles. The van der Waals surface area contributed by atoms with Gasteiger partial charge in [0.1, 0.15) is 27.3 Å². The van der Waals surface area contributed by atoms with Crippen molar-refractivity contribution in [3.8, 4) is 0 Å². The van der Waals surface area contributed by atoms with Gasteiger partial charge in [0.25, 0.3) is 0 Å². The molecule has 2 aliphatic heterocycles. The lowest BCUT2D eigenvalue weighted by Gasteiger charge is -2.43. The van der Waals surface area contributed by atoms with Crippen molar-refractivity contribution in [2.75, 3.05) is 23.7 Å². The molecular weight excluding hydrogens is 544 g/mol. The summed E-state index contributed by atoms with van der Waals surface area (Å²) in [6.45, 7) is 9.88. The SMILES string of the molecule is Cc1nc(N2CCC3(CC2)Cn2nccc2[C@H]3N[S@+]([O-])C(C)(C)C)c(CO)nc1Sc1ccnc(N)c1Cl. The maximum atomic E-state index is 13.1. The molecule has 0 aliphatic carbocycles. The number of hydrogen-bond acceptors (Lipinski definition) is 10. The molecule has 0 amide bonds. The van der Waals surface area contributed by atoms with Crippen molar-refractivity contribution in [3.05, 3.63) is 46.6 Å². The van der Waals surface area contributed by atoms with Gasteiger partial charge < -0.3 is 20.3 Å². The number of halogens is 1. The third-order valence-corrected chi connectivity index (χ3v) is 10.5. The number of rotatable bonds is 6. The Morgan fingerprint density at radius 3 is 2.68 bits per heavy atom. The number of aliphatic hydroxyl groups excluding tert-OH is 1. The summed E-state index contributed by atoms with van der Waals surface area (Å²) < 4.78 is 18.2. The van der Waals surface area contributed by atoms with Crippen LogP contribution in [0.1, 0.15) is 56.7 Å². The molecule has 0 bridgehead atoms. The van der Waals surface area contributed by atoms with Crippen LogP contribution in [-0.2, 0) is 24.5 Å². The van der Waals surface area contributed by atoms with Gasteiger partial charge in [-0.05, 0) is 52.7 Å². The fourth-order valence-corrected chi connectivity index (χ4v) is 7.15. The van der Waals surface area contributed by atoms with Gasteiger partial charge in [0.2, 0.25) is 0 Å². The monoisotopic (exact) mass is 576 g/mol. The minimum Gasteiger partial charge on any atom is -0.598 e. The zero-order valence-electron chi connectivity index (χ0n) is 21.9. The predicted octanol–water partition coefficient (Wildman–Crippen LogP) is 3.65. The molecule has 0 saturated carbocycles. The van der Waals surface area contributed by atoms with Gasteiger partial charge in [0.15, 0.2) is 5.82 Å². The molecule has 1 spiro atoms. The Morgan fingerprint density at radius 2 is 2.00 bits per heavy atom. The number of nitrogens with zero attached hydrogens (tertiary/aromatic N) is 6. The number of nitrogens with two attached hydrogens (primary N) is 1. The molecule has 204 valence electrons. The van der Waals surface area contributed by atoms with Crippen LogP contribution in [0.5, 0.6) is 0 Å². The highest BCUT2D eigenvalue weighted by atomic mass is 35.5. The lowest BCUT2D eigenvalue weighted by molar-refractivity contribution is 0.160. The van der Waals surface area contributed by atoms with Crippen LogP contribution in [0.2, 0.25) is 5.02 Å². The molecule has 0 unspecified atom stereocenters. The van der Waals surface area contributed by atoms with Gasteiger partial charge in [-0.25, -0.2) is 15.0 Å². The minimum atomic E-state index is -1.21. The first-order valence-corrected chi connectivity index (χ1v) is 14.9. The normalized spacial score (nSPS) is 19.7. The molecule has 3 aromatic heterocycles. The fourth-order valence-electron chi connectivity index (χ4n) is 5.11. The van der Waals surface area contributed by atoms with Gasteiger partial charge in [-0.15, -0.1) is 4.72 Å². The average molecular weight is 577 g/mol. The zero-order chi connectivity index (χ0) is 27.2. The van der Waals surface area contributed by atoms with Crippen molar-refractivity contribution < 1.29 is 9.66 Å². The van der Waals surface area contributed by atoms with Crippen molar-refractivity contribution in [2.45, 2.75) is 74.4 Å². The Labute approximate surface area is 235 Å². The largest absolute Gasteiger partial charge is 0.598 e. The van der Waals surface area contributed by atoms with Crippen LogP contribution in [0.4, 0.5) is 11.6 Å². The molecule has 5 rings (SSSR count). The van der Waals surface area contributed by atoms with Crippen LogP contribution in [-0.4, -0.2) is 52.2 Å². The second kappa shape index (κ2) is 10.5. The van der Waals surface area contributed by atoms with E-state index in [-0.39, 0.29) is 28.6 Å². The number of anilines is 2. The van der Waals surface area contributed by atoms with Crippen LogP contribution in [0.15, 0.2) is 34.4 Å². The van der Waals surface area contributed by atoms with E-state index in [1.807, 2.05) is 44.6 Å². The van der Waals surface area contributed by atoms with E-state index in [0.717, 1.165) is 48.8 Å². The van der Waals surface area contributed by atoms with Gasteiger partial charge in [-0.2, -0.15) is 5.10 Å². The number of nitrogen functional groups attached to an aromatic ring is 1. The summed E-state index contributed by atoms with van der Waals surface area (Å²) in [5, 5.41) is 15.8. The average Bonchev–Trinajstić information content (AvgIpc) is 3.43. The quantitative estimate of drug-likeness (QED) is 0.372. The lowest BCUT2D eigenvalue weighted by Crippen LogP contribution is -2.50. The number of fused-ring (bicyclic) bond motifs is 1. The molecule has 3 aromatic rings. The van der Waals surface area contributed by atoms with Crippen LogP contribution in [0, 0.1) is 12.3 Å². The summed E-state index contributed by atoms with van der Waals surface area (Å²) in [5.41, 5.74) is 8.10. The van der Waals surface area contributed by atoms with E-state index in [0.29, 0.717) is 21.6 Å². The van der Waals surface area contributed by atoms with E-state index in [1.54, 1.807) is 12.3 Å². The molecule has 13 heteroatoms. The maximum Gasteiger partial charge on any atom is 0.153 e. The first kappa shape index (κ1) is 27.5. The highest BCUT2D eigenvalue weighted by molar-refractivity contribution is 7.99. The smallest absolute Gasteiger partial charge is 0.153 e. The minimum absolute atomic E-state index is 0.0475. The summed E-state index contributed by atoms with van der Waals surface area (Å²) in [6, 6.07) is 3.76. The van der Waals surface area contributed by atoms with Crippen molar-refractivity contribution >= 4 is 46.4 Å². The third kappa shape index (κ3) is 5.09. The molecular formula is C25H33ClN8O2S2. The number of pyridine rings is 1. The van der Waals surface area contributed by atoms with Crippen LogP contribution < -0.4 is 15.4 Å². The highest BCUT2D eigenvalue weighted by Crippen LogP contribution is 2.50. The van der Waals surface area contributed by atoms with Crippen molar-refractivity contribution in [1.29, 1.82) is 0 Å². The summed E-state index contributed by atoms with van der Waals surface area (Å²) in [6.07, 6.45) is 5.14. The zero-order valence-corrected chi connectivity index (χ0v) is 24.3. The third-order valence-electron chi connectivity index (χ3n) is 7.28. The molecule has 38 heavy (non-hydrogen) atoms. The van der Waals surface area contributed by atoms with E-state index in [9.17, 15) is 9.66 Å². The molecule has 10 nitrogen and oxygen atoms in total. The summed E-state index contributed by atoms with van der Waals surface area (Å²) in [7, 11) is 0. The number of aryl methyl sites for hydroxylation is 1. The maximum absolute atomic E-state index is 13.1. The van der Waals surface area contributed by atoms with E-state index in [4.69, 9.17) is 27.3 Å². The molecule has 4 N–H and O–H groups in total. The first-order chi connectivity index (χ1) is 18.0. The van der Waals surface area contributed by atoms with Gasteiger partial charge in [0, 0.05) is 53.7 Å². The van der Waals surface area contributed by atoms with E-state index >= 15 is 0 Å². The summed E-state index contributed by atoms with van der Waals surface area (Å²) in [4.78, 5) is 16.6. The molecule has 0 radical (unpaired) electrons. The number of piperidine rings is 1. The Morgan fingerprint density at radius 1 is 1.26 bits per heavy atom. The predicted molar refractivity (Wildman–Crippen MR) is 150 cm³/mol. The summed E-state index contributed by atoms with van der Waals surface area (Å²) >= 11 is 6.48. The number of aromatic nitrogens is 5. The van der Waals surface area contributed by atoms with E-state index in [2.05, 4.69) is 19.7 Å². The molecule has 1 saturated heterocycles. The lowest BCUT2D eigenvalue weighted by atomic mass is 9.73. The van der Waals surface area contributed by atoms with Gasteiger partial charge in [0.05, 0.1) is 23.0 Å². The number of aliphatic hydroxyl groups is 1. The van der Waals surface area contributed by atoms with Gasteiger partial charge in [-0.3, -0.25) is 4.68 Å². The van der Waals surface area contributed by atoms with Crippen LogP contribution >= 0.6 is 23.4 Å². The van der Waals surface area contributed by atoms with E-state index < -0.39 is 11.4 Å². The first-order valence-electron chi connectivity index (χ1n) is 12.5. The standard InChI is InChI=1S/C25H33ClN8O2S2/c1-15-23(37-18-6-9-28-21(27)19(18)26)31-16(13-35)22(30-15)33-11-7-25(8-12-33)14-34-17(5-10-29-34)20(25)32-38(36)24(2,3)4/h5-6,9-10,20,32,35H,7-8,11-14H2,1-4H3,(H2,27,28)/t20-,38-/m1/s1. The summed E-state index contributed by atoms with van der Waals surface area (Å²) in [5.74, 6) is 0.958. The van der Waals surface area contributed by atoms with Crippen molar-refractivity contribution in [1.82, 2.24) is 29.5 Å². The second-order valence-electron chi connectivity index (χ2n) is 10.8. The van der Waals surface area contributed by atoms with E-state index in [1.165, 1.54) is 11.8 Å². The molecule has 5 heterocycles. The fraction of sp³-hybridized carbons (Fsp3) is 0.520. The Kier molecular flexibility index (Phi) is 7.57. The number of hydrogen-bond donors (Lipinski definition) is 3. The molecule has 2 atom stereocenters. The van der Waals surface area contributed by atoms with Crippen LogP contribution in [0.25, 0.3) is 0 Å². The van der Waals surface area contributed by atoms with Gasteiger partial charge >= 0.3 is 0 Å². The van der Waals surface area contributed by atoms with Crippen LogP contribution in [0.3, 0.4) is 0 Å². The Balaban J connectivity index is 1.36. The topological polar surface area (TPSA) is 141 Å². The van der Waals surface area contributed by atoms with Gasteiger partial charge in [-0.1, -0.05) is 23.4 Å². The highest BCUT2D eigenvalue weighted by Gasteiger charge is 2.51. The number of nitrogens with one attached hydrogen (secondary N) is 1. The Hall–Kier alpha value is -2.09. The van der Waals surface area contributed by atoms with Crippen molar-refractivity contribution in [2.24, 2.45) is 5.41 Å². The Bertz CT molecular complexity index is 1320.